The Hall–Kier alpha value is -7.75. The van der Waals surface area contributed by atoms with E-state index in [2.05, 4.69) is 27.8 Å². The third-order valence-electron chi connectivity index (χ3n) is 10.6. The lowest BCUT2D eigenvalue weighted by Gasteiger charge is -2.41. The largest absolute Gasteiger partial charge is 0.480 e. The lowest BCUT2D eigenvalue weighted by molar-refractivity contribution is -0.143. The van der Waals surface area contributed by atoms with Gasteiger partial charge < -0.3 is 52.4 Å². The number of aliphatic hydroxyl groups excluding tert-OH is 1. The van der Waals surface area contributed by atoms with Crippen LogP contribution in [-0.2, 0) is 49.7 Å². The highest BCUT2D eigenvalue weighted by molar-refractivity contribution is 6.14. The number of hydrogen-bond donors (Lipinski definition) is 8. The molecule has 8 amide bonds. The summed E-state index contributed by atoms with van der Waals surface area (Å²) in [6.45, 7) is 7.38. The number of carbonyl (C=O) groups is 9. The average Bonchev–Trinajstić information content (AvgIpc) is 3.81. The highest BCUT2D eigenvalue weighted by Crippen LogP contribution is 2.41. The number of hydrogen-bond acceptors (Lipinski definition) is 11. The number of imide groups is 1. The number of aliphatic hydroxyl groups is 1. The lowest BCUT2D eigenvalue weighted by atomic mass is 9.82. The van der Waals surface area contributed by atoms with Crippen molar-refractivity contribution in [1.82, 2.24) is 35.6 Å². The minimum absolute atomic E-state index is 0.00146. The van der Waals surface area contributed by atoms with Gasteiger partial charge in [0.05, 0.1) is 24.9 Å². The molecular weight excluding hydrogens is 893 g/mol. The standard InChI is InChI=1S/C46H55F2N9O11/c1-26(51-16-14-38(61)53-34(45(67)68)21-37(50)60)32(54-44(66)33(20-36(49)59)52-39(62)24-57-40(63)12-13-41(57)64)15-17-56(42(65)25-58)43(46(2,3)4)35-18-28(30-19-29(47)10-11-31(30)48)23-55(35)22-27-8-6-5-7-9-27/h5-13,18-19,23,32-34,43,51,58H,1,14-17,20-22,24-25H2,2-4H3,(H2,49,59)(H2,50,60)(H,52,62)(H,53,61)(H,54,66)(H,67,68). The van der Waals surface area contributed by atoms with Crippen molar-refractivity contribution in [3.8, 4) is 11.1 Å². The molecule has 1 aromatic heterocycles. The van der Waals surface area contributed by atoms with Gasteiger partial charge in [-0.25, -0.2) is 13.6 Å². The number of rotatable bonds is 25. The first-order valence-electron chi connectivity index (χ1n) is 21.2. The molecular formula is C46H55F2N9O11. The summed E-state index contributed by atoms with van der Waals surface area (Å²) >= 11 is 0. The molecule has 0 fully saturated rings. The van der Waals surface area contributed by atoms with Gasteiger partial charge in [-0.05, 0) is 41.7 Å². The number of nitrogens with zero attached hydrogens (tertiary/aromatic N) is 3. The number of amides is 8. The van der Waals surface area contributed by atoms with E-state index in [1.807, 2.05) is 51.1 Å². The van der Waals surface area contributed by atoms with E-state index in [1.54, 1.807) is 16.8 Å². The Balaban J connectivity index is 1.72. The van der Waals surface area contributed by atoms with Crippen LogP contribution in [-0.4, -0.2) is 122 Å². The maximum absolute atomic E-state index is 15.3. The van der Waals surface area contributed by atoms with Gasteiger partial charge in [0.25, 0.3) is 11.8 Å². The Labute approximate surface area is 389 Å². The van der Waals surface area contributed by atoms with Crippen LogP contribution in [0.3, 0.4) is 0 Å². The Morgan fingerprint density at radius 3 is 2.04 bits per heavy atom. The molecule has 0 spiro atoms. The van der Waals surface area contributed by atoms with Gasteiger partial charge >= 0.3 is 5.97 Å². The molecule has 2 heterocycles. The summed E-state index contributed by atoms with van der Waals surface area (Å²) in [5.74, 6) is -10.1. The van der Waals surface area contributed by atoms with Gasteiger partial charge in [-0.2, -0.15) is 0 Å². The number of benzene rings is 2. The van der Waals surface area contributed by atoms with Gasteiger partial charge in [-0.1, -0.05) is 57.7 Å². The number of aliphatic carboxylic acids is 1. The second kappa shape index (κ2) is 23.6. The second-order valence-corrected chi connectivity index (χ2v) is 17.0. The van der Waals surface area contributed by atoms with Gasteiger partial charge in [0.15, 0.2) is 0 Å². The minimum Gasteiger partial charge on any atom is -0.480 e. The van der Waals surface area contributed by atoms with E-state index in [9.17, 15) is 57.8 Å². The number of carboxylic acid groups (broad SMARTS) is 1. The molecule has 364 valence electrons. The van der Waals surface area contributed by atoms with Crippen LogP contribution in [0, 0.1) is 17.0 Å². The summed E-state index contributed by atoms with van der Waals surface area (Å²) in [4.78, 5) is 115. The lowest BCUT2D eigenvalue weighted by Crippen LogP contribution is -2.54. The Kier molecular flexibility index (Phi) is 18.4. The Bertz CT molecular complexity index is 2430. The van der Waals surface area contributed by atoms with Crippen LogP contribution in [0.15, 0.2) is 85.2 Å². The highest BCUT2D eigenvalue weighted by Gasteiger charge is 2.38. The monoisotopic (exact) mass is 947 g/mol. The normalized spacial score (nSPS) is 14.1. The topological polar surface area (TPSA) is 306 Å². The van der Waals surface area contributed by atoms with E-state index < -0.39 is 120 Å². The smallest absolute Gasteiger partial charge is 0.326 e. The molecule has 22 heteroatoms. The van der Waals surface area contributed by atoms with Crippen molar-refractivity contribution >= 4 is 53.2 Å². The molecule has 4 rings (SSSR count). The van der Waals surface area contributed by atoms with Gasteiger partial charge in [0, 0.05) is 66.9 Å². The zero-order chi connectivity index (χ0) is 50.5. The number of halogens is 2. The first-order valence-corrected chi connectivity index (χ1v) is 21.2. The fraction of sp³-hybridized carbons (Fsp3) is 0.370. The SMILES string of the molecule is C=C(NCCC(=O)NC(CC(N)=O)C(=O)O)C(CCN(C(=O)CO)C(c1cc(-c2cc(F)ccc2F)cn1Cc1ccccc1)C(C)(C)C)NC(=O)C(CC(N)=O)NC(=O)CN1C(=O)C=CC1=O. The number of nitrogens with one attached hydrogen (secondary N) is 4. The van der Waals surface area contributed by atoms with Gasteiger partial charge in [-0.15, -0.1) is 0 Å². The molecule has 10 N–H and O–H groups in total. The van der Waals surface area contributed by atoms with Crippen molar-refractivity contribution in [2.45, 2.75) is 77.2 Å². The van der Waals surface area contributed by atoms with Crippen LogP contribution < -0.4 is 32.7 Å². The molecule has 1 aliphatic heterocycles. The maximum atomic E-state index is 15.3. The molecule has 2 aromatic carbocycles. The van der Waals surface area contributed by atoms with Crippen molar-refractivity contribution in [3.05, 3.63) is 108 Å². The molecule has 4 atom stereocenters. The van der Waals surface area contributed by atoms with Crippen LogP contribution in [0.1, 0.15) is 63.8 Å². The highest BCUT2D eigenvalue weighted by atomic mass is 19.1. The average molecular weight is 948 g/mol. The number of primary amides is 2. The molecule has 3 aromatic rings. The third kappa shape index (κ3) is 14.9. The first kappa shape index (κ1) is 52.9. The van der Waals surface area contributed by atoms with Crippen LogP contribution >= 0.6 is 0 Å². The second-order valence-electron chi connectivity index (χ2n) is 17.0. The molecule has 20 nitrogen and oxygen atoms in total. The van der Waals surface area contributed by atoms with Gasteiger partial charge in [0.1, 0.15) is 36.9 Å². The fourth-order valence-corrected chi connectivity index (χ4v) is 7.48. The molecule has 68 heavy (non-hydrogen) atoms. The van der Waals surface area contributed by atoms with Crippen molar-refractivity contribution in [1.29, 1.82) is 0 Å². The Morgan fingerprint density at radius 1 is 0.838 bits per heavy atom. The summed E-state index contributed by atoms with van der Waals surface area (Å²) in [5.41, 5.74) is 11.2. The third-order valence-corrected chi connectivity index (χ3v) is 10.6. The number of carbonyl (C=O) groups excluding carboxylic acids is 8. The van der Waals surface area contributed by atoms with E-state index in [1.165, 1.54) is 4.90 Å². The van der Waals surface area contributed by atoms with E-state index in [0.717, 1.165) is 35.9 Å². The van der Waals surface area contributed by atoms with E-state index in [0.29, 0.717) is 10.6 Å². The van der Waals surface area contributed by atoms with Crippen molar-refractivity contribution in [2.24, 2.45) is 16.9 Å². The number of carboxylic acids is 1. The zero-order valence-electron chi connectivity index (χ0n) is 37.6. The molecule has 1 aliphatic rings. The van der Waals surface area contributed by atoms with Crippen molar-refractivity contribution < 1.29 is 62.1 Å². The van der Waals surface area contributed by atoms with Crippen LogP contribution in [0.25, 0.3) is 11.1 Å². The van der Waals surface area contributed by atoms with Gasteiger partial charge in [0.2, 0.25) is 35.4 Å². The first-order chi connectivity index (χ1) is 32.0. The summed E-state index contributed by atoms with van der Waals surface area (Å²) in [6.07, 6.45) is 1.47. The number of nitrogens with two attached hydrogens (primary N) is 2. The van der Waals surface area contributed by atoms with Crippen molar-refractivity contribution in [3.63, 3.8) is 0 Å². The van der Waals surface area contributed by atoms with E-state index in [4.69, 9.17) is 11.5 Å². The molecule has 0 radical (unpaired) electrons. The fourth-order valence-electron chi connectivity index (χ4n) is 7.48. The van der Waals surface area contributed by atoms with Crippen molar-refractivity contribution in [2.75, 3.05) is 26.2 Å². The van der Waals surface area contributed by atoms with Crippen LogP contribution in [0.2, 0.25) is 0 Å². The summed E-state index contributed by atoms with van der Waals surface area (Å²) in [7, 11) is 0. The molecule has 0 bridgehead atoms. The van der Waals surface area contributed by atoms with Crippen LogP contribution in [0.4, 0.5) is 8.78 Å². The summed E-state index contributed by atoms with van der Waals surface area (Å²) in [6, 6.07) is 8.35. The molecule has 0 saturated carbocycles. The molecule has 4 unspecified atom stereocenters. The predicted molar refractivity (Wildman–Crippen MR) is 240 cm³/mol. The minimum atomic E-state index is -1.68. The van der Waals surface area contributed by atoms with E-state index in [-0.39, 0.29) is 49.3 Å². The summed E-state index contributed by atoms with van der Waals surface area (Å²) in [5, 5.41) is 29.8. The molecule has 0 aliphatic carbocycles. The summed E-state index contributed by atoms with van der Waals surface area (Å²) < 4.78 is 31.6. The maximum Gasteiger partial charge on any atom is 0.326 e. The van der Waals surface area contributed by atoms with Gasteiger partial charge in [-0.3, -0.25) is 43.3 Å². The van der Waals surface area contributed by atoms with Crippen LogP contribution in [0.5, 0.6) is 0 Å². The molecule has 0 saturated heterocycles. The Morgan fingerprint density at radius 2 is 1.46 bits per heavy atom. The van der Waals surface area contributed by atoms with E-state index >= 15 is 4.39 Å². The predicted octanol–water partition coefficient (Wildman–Crippen LogP) is 0.488. The number of aromatic nitrogens is 1. The quantitative estimate of drug-likeness (QED) is 0.0539. The zero-order valence-corrected chi connectivity index (χ0v) is 37.6.